The summed E-state index contributed by atoms with van der Waals surface area (Å²) in [5, 5.41) is 12.7. The second-order valence-corrected chi connectivity index (χ2v) is 5.34. The van der Waals surface area contributed by atoms with Crippen LogP contribution >= 0.6 is 0 Å². The second-order valence-electron chi connectivity index (χ2n) is 5.34. The maximum atomic E-state index is 11.5. The zero-order valence-corrected chi connectivity index (χ0v) is 13.8. The molecular formula is C18H16N4O3. The number of nitrogens with one attached hydrogen (secondary N) is 1. The summed E-state index contributed by atoms with van der Waals surface area (Å²) in [6, 6.07) is 12.2. The molecule has 0 unspecified atom stereocenters. The highest BCUT2D eigenvalue weighted by Crippen LogP contribution is 2.29. The number of nitrogens with zero attached hydrogens (tertiary/aromatic N) is 3. The van der Waals surface area contributed by atoms with Gasteiger partial charge in [0.25, 0.3) is 0 Å². The van der Waals surface area contributed by atoms with E-state index in [4.69, 9.17) is 0 Å². The van der Waals surface area contributed by atoms with Crippen molar-refractivity contribution in [1.82, 2.24) is 0 Å². The number of hydrogen-bond acceptors (Lipinski definition) is 6. The van der Waals surface area contributed by atoms with Gasteiger partial charge in [-0.3, -0.25) is 4.79 Å². The van der Waals surface area contributed by atoms with E-state index in [9.17, 15) is 9.59 Å². The molecule has 3 rings (SSSR count). The number of hydrogen-bond donors (Lipinski definition) is 1. The molecule has 7 nitrogen and oxygen atoms in total. The summed E-state index contributed by atoms with van der Waals surface area (Å²) >= 11 is 0. The molecule has 0 radical (unpaired) electrons. The fraction of sp³-hybridized carbons (Fsp3) is 0.111. The number of rotatable bonds is 3. The summed E-state index contributed by atoms with van der Waals surface area (Å²) in [4.78, 5) is 22.7. The summed E-state index contributed by atoms with van der Waals surface area (Å²) in [7, 11) is 1.34. The average molecular weight is 336 g/mol. The predicted octanol–water partition coefficient (Wildman–Crippen LogP) is 3.92. The molecule has 0 saturated heterocycles. The Kier molecular flexibility index (Phi) is 4.56. The van der Waals surface area contributed by atoms with Crippen molar-refractivity contribution in [2.75, 3.05) is 17.4 Å². The molecule has 2 aromatic carbocycles. The number of carbonyl (C=O) groups is 2. The summed E-state index contributed by atoms with van der Waals surface area (Å²) in [5.41, 5.74) is 3.44. The van der Waals surface area contributed by atoms with E-state index in [1.54, 1.807) is 47.6 Å². The van der Waals surface area contributed by atoms with Crippen molar-refractivity contribution in [3.8, 4) is 0 Å². The van der Waals surface area contributed by atoms with Gasteiger partial charge in [-0.05, 0) is 48.5 Å². The zero-order chi connectivity index (χ0) is 17.8. The number of fused-ring (bicyclic) bond motifs is 1. The van der Waals surface area contributed by atoms with Gasteiger partial charge in [0, 0.05) is 24.4 Å². The highest BCUT2D eigenvalue weighted by molar-refractivity contribution is 5.90. The van der Waals surface area contributed by atoms with Gasteiger partial charge < -0.3 is 10.1 Å². The average Bonchev–Trinajstić information content (AvgIpc) is 2.83. The molecule has 7 heteroatoms. The van der Waals surface area contributed by atoms with E-state index in [-0.39, 0.29) is 5.91 Å². The SMILES string of the molecule is COC(=O)c1ccc(N2C=Cc3cc(NC(C)=O)ccc3N=N2)cc1. The molecule has 1 heterocycles. The van der Waals surface area contributed by atoms with Crippen LogP contribution in [0.1, 0.15) is 22.8 Å². The third kappa shape index (κ3) is 3.72. The summed E-state index contributed by atoms with van der Waals surface area (Å²) in [5.74, 6) is -0.524. The minimum Gasteiger partial charge on any atom is -0.465 e. The van der Waals surface area contributed by atoms with Crippen molar-refractivity contribution >= 4 is 35.0 Å². The Bertz CT molecular complexity index is 872. The summed E-state index contributed by atoms with van der Waals surface area (Å²) in [6.07, 6.45) is 3.62. The third-order valence-electron chi connectivity index (χ3n) is 3.54. The van der Waals surface area contributed by atoms with E-state index in [1.165, 1.54) is 14.0 Å². The minimum absolute atomic E-state index is 0.133. The lowest BCUT2D eigenvalue weighted by molar-refractivity contribution is -0.114. The van der Waals surface area contributed by atoms with Crippen LogP contribution in [-0.2, 0) is 9.53 Å². The largest absolute Gasteiger partial charge is 0.465 e. The van der Waals surface area contributed by atoms with E-state index in [2.05, 4.69) is 20.4 Å². The van der Waals surface area contributed by atoms with Gasteiger partial charge in [0.2, 0.25) is 5.91 Å². The van der Waals surface area contributed by atoms with Crippen LogP contribution in [0.25, 0.3) is 6.08 Å². The van der Waals surface area contributed by atoms with Gasteiger partial charge >= 0.3 is 5.97 Å². The van der Waals surface area contributed by atoms with Crippen LogP contribution < -0.4 is 10.3 Å². The fourth-order valence-electron chi connectivity index (χ4n) is 2.34. The molecule has 0 spiro atoms. The van der Waals surface area contributed by atoms with Gasteiger partial charge in [-0.25, -0.2) is 9.80 Å². The van der Waals surface area contributed by atoms with Crippen molar-refractivity contribution in [3.63, 3.8) is 0 Å². The molecule has 1 aliphatic rings. The number of carbonyl (C=O) groups excluding carboxylic acids is 2. The van der Waals surface area contributed by atoms with E-state index in [1.807, 2.05) is 12.1 Å². The van der Waals surface area contributed by atoms with Crippen molar-refractivity contribution in [3.05, 3.63) is 59.8 Å². The number of ether oxygens (including phenoxy) is 1. The van der Waals surface area contributed by atoms with Crippen molar-refractivity contribution < 1.29 is 14.3 Å². The van der Waals surface area contributed by atoms with Crippen LogP contribution in [0.2, 0.25) is 0 Å². The number of benzene rings is 2. The topological polar surface area (TPSA) is 83.4 Å². The first-order valence-electron chi connectivity index (χ1n) is 7.56. The second kappa shape index (κ2) is 6.96. The fourth-order valence-corrected chi connectivity index (χ4v) is 2.34. The monoisotopic (exact) mass is 336 g/mol. The molecule has 25 heavy (non-hydrogen) atoms. The Hall–Kier alpha value is -3.48. The van der Waals surface area contributed by atoms with Crippen molar-refractivity contribution in [1.29, 1.82) is 0 Å². The van der Waals surface area contributed by atoms with Crippen LogP contribution in [0.3, 0.4) is 0 Å². The Morgan fingerprint density at radius 3 is 2.56 bits per heavy atom. The summed E-state index contributed by atoms with van der Waals surface area (Å²) in [6.45, 7) is 1.46. The highest BCUT2D eigenvalue weighted by atomic mass is 16.5. The van der Waals surface area contributed by atoms with Crippen LogP contribution in [0, 0.1) is 0 Å². The van der Waals surface area contributed by atoms with Gasteiger partial charge in [0.1, 0.15) is 0 Å². The molecule has 1 N–H and O–H groups in total. The Balaban J connectivity index is 1.84. The Labute approximate surface area is 144 Å². The van der Waals surface area contributed by atoms with Gasteiger partial charge in [-0.15, -0.1) is 5.11 Å². The van der Waals surface area contributed by atoms with Crippen LogP contribution in [0.15, 0.2) is 59.0 Å². The number of methoxy groups -OCH3 is 1. The zero-order valence-electron chi connectivity index (χ0n) is 13.8. The Morgan fingerprint density at radius 1 is 1.12 bits per heavy atom. The highest BCUT2D eigenvalue weighted by Gasteiger charge is 2.10. The van der Waals surface area contributed by atoms with Crippen molar-refractivity contribution in [2.24, 2.45) is 10.3 Å². The summed E-state index contributed by atoms with van der Waals surface area (Å²) < 4.78 is 4.68. The lowest BCUT2D eigenvalue weighted by Gasteiger charge is -2.11. The maximum absolute atomic E-state index is 11.5. The maximum Gasteiger partial charge on any atom is 0.337 e. The molecule has 0 bridgehead atoms. The standard InChI is InChI=1S/C18H16N4O3/c1-12(23)19-15-5-8-17-14(11-15)9-10-22(21-20-17)16-6-3-13(4-7-16)18(24)25-2/h3-11H,1-2H3,(H,19,23). The van der Waals surface area contributed by atoms with Crippen LogP contribution in [0.4, 0.5) is 17.1 Å². The first-order valence-corrected chi connectivity index (χ1v) is 7.56. The molecule has 0 aromatic heterocycles. The van der Waals surface area contributed by atoms with Gasteiger partial charge in [-0.2, -0.15) is 0 Å². The van der Waals surface area contributed by atoms with E-state index >= 15 is 0 Å². The molecule has 126 valence electrons. The normalized spacial score (nSPS) is 12.3. The van der Waals surface area contributed by atoms with Gasteiger partial charge in [0.05, 0.1) is 24.0 Å². The molecule has 0 fully saturated rings. The van der Waals surface area contributed by atoms with Crippen LogP contribution in [0.5, 0.6) is 0 Å². The molecule has 0 aliphatic carbocycles. The lowest BCUT2D eigenvalue weighted by atomic mass is 10.1. The van der Waals surface area contributed by atoms with Gasteiger partial charge in [0.15, 0.2) is 0 Å². The molecule has 1 aliphatic heterocycles. The van der Waals surface area contributed by atoms with Crippen molar-refractivity contribution in [2.45, 2.75) is 6.92 Å². The van der Waals surface area contributed by atoms with Gasteiger partial charge in [-0.1, -0.05) is 5.22 Å². The molecule has 0 atom stereocenters. The quantitative estimate of drug-likeness (QED) is 0.861. The molecule has 0 saturated carbocycles. The number of anilines is 2. The number of esters is 1. The molecule has 1 amide bonds. The van der Waals surface area contributed by atoms with E-state index in [0.29, 0.717) is 16.9 Å². The Morgan fingerprint density at radius 2 is 1.88 bits per heavy atom. The lowest BCUT2D eigenvalue weighted by Crippen LogP contribution is -2.06. The first kappa shape index (κ1) is 16.4. The van der Waals surface area contributed by atoms with E-state index < -0.39 is 5.97 Å². The minimum atomic E-state index is -0.391. The van der Waals surface area contributed by atoms with Crippen LogP contribution in [-0.4, -0.2) is 19.0 Å². The third-order valence-corrected chi connectivity index (χ3v) is 3.54. The number of amides is 1. The smallest absolute Gasteiger partial charge is 0.337 e. The predicted molar refractivity (Wildman–Crippen MR) is 94.6 cm³/mol. The first-order chi connectivity index (χ1) is 12.1. The van der Waals surface area contributed by atoms with E-state index in [0.717, 1.165) is 11.3 Å². The molecule has 2 aromatic rings. The molecular weight excluding hydrogens is 320 g/mol.